The molecule has 3 N–H and O–H groups in total. The number of aliphatic hydroxyl groups excluding tert-OH is 1. The van der Waals surface area contributed by atoms with Crippen molar-refractivity contribution in [2.24, 2.45) is 0 Å². The molecule has 0 bridgehead atoms. The van der Waals surface area contributed by atoms with Crippen molar-refractivity contribution in [2.75, 3.05) is 11.9 Å². The van der Waals surface area contributed by atoms with Gasteiger partial charge in [-0.1, -0.05) is 41.9 Å². The second-order valence-corrected chi connectivity index (χ2v) is 4.06. The van der Waals surface area contributed by atoms with E-state index < -0.39 is 5.56 Å². The van der Waals surface area contributed by atoms with Gasteiger partial charge in [0.05, 0.1) is 19.0 Å². The van der Waals surface area contributed by atoms with Crippen LogP contribution in [-0.4, -0.2) is 21.7 Å². The van der Waals surface area contributed by atoms with Gasteiger partial charge in [0.15, 0.2) is 5.82 Å². The largest absolute Gasteiger partial charge is 0.394 e. The summed E-state index contributed by atoms with van der Waals surface area (Å²) in [5, 5.41) is 12.3. The number of halogens is 1. The average Bonchev–Trinajstić information content (AvgIpc) is 2.41. The fourth-order valence-corrected chi connectivity index (χ4v) is 1.73. The number of nitrogens with zero attached hydrogens (tertiary/aromatic N) is 1. The van der Waals surface area contributed by atoms with Gasteiger partial charge in [0.25, 0.3) is 5.56 Å². The number of aromatic nitrogens is 2. The van der Waals surface area contributed by atoms with Crippen molar-refractivity contribution >= 4 is 17.4 Å². The van der Waals surface area contributed by atoms with Crippen molar-refractivity contribution in [3.05, 3.63) is 57.6 Å². The van der Waals surface area contributed by atoms with E-state index in [2.05, 4.69) is 15.3 Å². The van der Waals surface area contributed by atoms with Crippen LogP contribution in [0.5, 0.6) is 0 Å². The standard InChI is InChI=1S/C12H12ClN3O2/c13-10-11(14-7-15-12(10)18)16-9(6-17)8-4-2-1-3-5-8/h1-5,7,9,17H,6H2,(H2,14,15,16,18). The van der Waals surface area contributed by atoms with Crippen LogP contribution in [0.3, 0.4) is 0 Å². The second kappa shape index (κ2) is 5.66. The Balaban J connectivity index is 2.26. The highest BCUT2D eigenvalue weighted by molar-refractivity contribution is 6.32. The number of H-pyrrole nitrogens is 1. The van der Waals surface area contributed by atoms with Crippen LogP contribution in [0.1, 0.15) is 11.6 Å². The van der Waals surface area contributed by atoms with Gasteiger partial charge in [0.2, 0.25) is 0 Å². The van der Waals surface area contributed by atoms with Gasteiger partial charge < -0.3 is 15.4 Å². The predicted molar refractivity (Wildman–Crippen MR) is 69.8 cm³/mol. The maximum Gasteiger partial charge on any atom is 0.271 e. The number of anilines is 1. The van der Waals surface area contributed by atoms with Crippen molar-refractivity contribution in [1.82, 2.24) is 9.97 Å². The molecular weight excluding hydrogens is 254 g/mol. The summed E-state index contributed by atoms with van der Waals surface area (Å²) in [5.41, 5.74) is 0.470. The lowest BCUT2D eigenvalue weighted by atomic mass is 10.1. The molecule has 5 nitrogen and oxygen atoms in total. The normalized spacial score (nSPS) is 12.1. The molecule has 1 unspecified atom stereocenters. The minimum atomic E-state index is -0.418. The zero-order chi connectivity index (χ0) is 13.0. The molecule has 0 saturated heterocycles. The smallest absolute Gasteiger partial charge is 0.271 e. The number of aromatic amines is 1. The Morgan fingerprint density at radius 1 is 1.39 bits per heavy atom. The van der Waals surface area contributed by atoms with Crippen LogP contribution in [-0.2, 0) is 0 Å². The second-order valence-electron chi connectivity index (χ2n) is 3.68. The highest BCUT2D eigenvalue weighted by Crippen LogP contribution is 2.20. The van der Waals surface area contributed by atoms with E-state index in [1.165, 1.54) is 6.33 Å². The number of benzene rings is 1. The molecule has 1 aromatic carbocycles. The van der Waals surface area contributed by atoms with Crippen molar-refractivity contribution in [2.45, 2.75) is 6.04 Å². The molecule has 2 aromatic rings. The fourth-order valence-electron chi connectivity index (χ4n) is 1.57. The minimum Gasteiger partial charge on any atom is -0.394 e. The van der Waals surface area contributed by atoms with E-state index in [4.69, 9.17) is 11.6 Å². The lowest BCUT2D eigenvalue weighted by Gasteiger charge is -2.17. The summed E-state index contributed by atoms with van der Waals surface area (Å²) in [6, 6.07) is 9.00. The number of hydrogen-bond acceptors (Lipinski definition) is 4. The van der Waals surface area contributed by atoms with Crippen molar-refractivity contribution in [1.29, 1.82) is 0 Å². The molecule has 0 aliphatic heterocycles. The number of aliphatic hydroxyl groups is 1. The quantitative estimate of drug-likeness (QED) is 0.784. The van der Waals surface area contributed by atoms with Gasteiger partial charge in [-0.3, -0.25) is 4.79 Å². The molecule has 94 valence electrons. The monoisotopic (exact) mass is 265 g/mol. The summed E-state index contributed by atoms with van der Waals surface area (Å²) < 4.78 is 0. The lowest BCUT2D eigenvalue weighted by Crippen LogP contribution is -2.18. The first-order valence-corrected chi connectivity index (χ1v) is 5.75. The molecule has 0 fully saturated rings. The molecule has 0 saturated carbocycles. The van der Waals surface area contributed by atoms with Crippen LogP contribution in [0, 0.1) is 0 Å². The molecule has 18 heavy (non-hydrogen) atoms. The molecule has 0 amide bonds. The third-order valence-electron chi connectivity index (χ3n) is 2.49. The fraction of sp³-hybridized carbons (Fsp3) is 0.167. The van der Waals surface area contributed by atoms with Gasteiger partial charge >= 0.3 is 0 Å². The summed E-state index contributed by atoms with van der Waals surface area (Å²) in [4.78, 5) is 17.6. The zero-order valence-electron chi connectivity index (χ0n) is 9.43. The van der Waals surface area contributed by atoms with Crippen LogP contribution < -0.4 is 10.9 Å². The highest BCUT2D eigenvalue weighted by atomic mass is 35.5. The topological polar surface area (TPSA) is 78.0 Å². The molecule has 0 aliphatic rings. The Morgan fingerprint density at radius 3 is 2.78 bits per heavy atom. The van der Waals surface area contributed by atoms with Gasteiger partial charge in [0.1, 0.15) is 5.02 Å². The maximum atomic E-state index is 11.3. The molecule has 6 heteroatoms. The number of rotatable bonds is 4. The SMILES string of the molecule is O=c1[nH]cnc(NC(CO)c2ccccc2)c1Cl. The molecule has 2 rings (SSSR count). The first kappa shape index (κ1) is 12.6. The van der Waals surface area contributed by atoms with Crippen molar-refractivity contribution in [3.8, 4) is 0 Å². The Morgan fingerprint density at radius 2 is 2.11 bits per heavy atom. The molecule has 0 radical (unpaired) electrons. The minimum absolute atomic E-state index is 0.0214. The Kier molecular flexibility index (Phi) is 3.96. The van der Waals surface area contributed by atoms with Gasteiger partial charge in [-0.25, -0.2) is 4.98 Å². The van der Waals surface area contributed by atoms with Gasteiger partial charge in [-0.2, -0.15) is 0 Å². The summed E-state index contributed by atoms with van der Waals surface area (Å²) in [6.45, 7) is -0.130. The van der Waals surface area contributed by atoms with E-state index in [0.717, 1.165) is 5.56 Å². The van der Waals surface area contributed by atoms with Crippen LogP contribution in [0.2, 0.25) is 5.02 Å². The Hall–Kier alpha value is -1.85. The van der Waals surface area contributed by atoms with Crippen molar-refractivity contribution < 1.29 is 5.11 Å². The maximum absolute atomic E-state index is 11.3. The zero-order valence-corrected chi connectivity index (χ0v) is 10.2. The summed E-state index contributed by atoms with van der Waals surface area (Å²) in [5.74, 6) is 0.253. The molecule has 1 atom stereocenters. The van der Waals surface area contributed by atoms with E-state index >= 15 is 0 Å². The first-order valence-electron chi connectivity index (χ1n) is 5.38. The summed E-state index contributed by atoms with van der Waals surface area (Å²) in [7, 11) is 0. The Bertz CT molecular complexity index is 571. The van der Waals surface area contributed by atoms with E-state index in [1.807, 2.05) is 30.3 Å². The third kappa shape index (κ3) is 2.69. The summed E-state index contributed by atoms with van der Waals surface area (Å²) in [6.07, 6.45) is 1.26. The molecule has 0 spiro atoms. The molecular formula is C12H12ClN3O2. The molecule has 0 aliphatic carbocycles. The van der Waals surface area contributed by atoms with Crippen molar-refractivity contribution in [3.63, 3.8) is 0 Å². The van der Waals surface area contributed by atoms with E-state index in [9.17, 15) is 9.90 Å². The molecule has 1 aromatic heterocycles. The van der Waals surface area contributed by atoms with E-state index in [0.29, 0.717) is 0 Å². The van der Waals surface area contributed by atoms with Gasteiger partial charge in [0, 0.05) is 0 Å². The van der Waals surface area contributed by atoms with E-state index in [1.54, 1.807) is 0 Å². The first-order chi connectivity index (χ1) is 8.72. The van der Waals surface area contributed by atoms with Gasteiger partial charge in [-0.15, -0.1) is 0 Å². The summed E-state index contributed by atoms with van der Waals surface area (Å²) >= 11 is 5.83. The van der Waals surface area contributed by atoms with Gasteiger partial charge in [-0.05, 0) is 5.56 Å². The van der Waals surface area contributed by atoms with Crippen LogP contribution >= 0.6 is 11.6 Å². The van der Waals surface area contributed by atoms with E-state index in [-0.39, 0.29) is 23.5 Å². The third-order valence-corrected chi connectivity index (χ3v) is 2.84. The van der Waals surface area contributed by atoms with Crippen LogP contribution in [0.25, 0.3) is 0 Å². The van der Waals surface area contributed by atoms with Crippen LogP contribution in [0.4, 0.5) is 5.82 Å². The van der Waals surface area contributed by atoms with Crippen LogP contribution in [0.15, 0.2) is 41.5 Å². The number of hydrogen-bond donors (Lipinski definition) is 3. The number of nitrogens with one attached hydrogen (secondary N) is 2. The predicted octanol–water partition coefficient (Wildman–Crippen LogP) is 1.57. The molecule has 1 heterocycles. The average molecular weight is 266 g/mol. The highest BCUT2D eigenvalue weighted by Gasteiger charge is 2.13. The Labute approximate surface area is 108 Å². The lowest BCUT2D eigenvalue weighted by molar-refractivity contribution is 0.276.